The van der Waals surface area contributed by atoms with Gasteiger partial charge in [0.05, 0.1) is 12.7 Å². The number of carbonyl (C=O) groups is 2. The normalized spacial score (nSPS) is 10.1. The van der Waals surface area contributed by atoms with Crippen LogP contribution >= 0.6 is 15.9 Å². The van der Waals surface area contributed by atoms with Gasteiger partial charge in [-0.25, -0.2) is 4.79 Å². The molecule has 0 unspecified atom stereocenters. The molecule has 0 aliphatic heterocycles. The van der Waals surface area contributed by atoms with E-state index in [1.807, 2.05) is 0 Å². The molecule has 2 aromatic carbocycles. The van der Waals surface area contributed by atoms with E-state index in [-0.39, 0.29) is 16.9 Å². The Balaban J connectivity index is 2.52. The molecular formula is C15H11BrO4. The number of benzene rings is 2. The van der Waals surface area contributed by atoms with Crippen LogP contribution in [0, 0.1) is 0 Å². The second-order valence-corrected chi connectivity index (χ2v) is 4.97. The number of methoxy groups -OCH3 is 1. The van der Waals surface area contributed by atoms with Crippen LogP contribution in [-0.2, 0) is 0 Å². The SMILES string of the molecule is COc1cccc(C(=O)c2cc(Br)ccc2C(=O)O)c1. The van der Waals surface area contributed by atoms with E-state index >= 15 is 0 Å². The zero-order chi connectivity index (χ0) is 14.7. The second kappa shape index (κ2) is 5.88. The van der Waals surface area contributed by atoms with E-state index in [1.54, 1.807) is 30.3 Å². The van der Waals surface area contributed by atoms with Crippen molar-refractivity contribution in [2.45, 2.75) is 0 Å². The summed E-state index contributed by atoms with van der Waals surface area (Å²) < 4.78 is 5.71. The summed E-state index contributed by atoms with van der Waals surface area (Å²) >= 11 is 3.24. The van der Waals surface area contributed by atoms with Crippen LogP contribution < -0.4 is 4.74 Å². The van der Waals surface area contributed by atoms with Gasteiger partial charge in [0.25, 0.3) is 0 Å². The van der Waals surface area contributed by atoms with Crippen molar-refractivity contribution in [3.8, 4) is 5.75 Å². The van der Waals surface area contributed by atoms with Crippen molar-refractivity contribution in [1.29, 1.82) is 0 Å². The highest BCUT2D eigenvalue weighted by atomic mass is 79.9. The zero-order valence-electron chi connectivity index (χ0n) is 10.6. The summed E-state index contributed by atoms with van der Waals surface area (Å²) in [5, 5.41) is 9.16. The van der Waals surface area contributed by atoms with Gasteiger partial charge >= 0.3 is 5.97 Å². The van der Waals surface area contributed by atoms with E-state index in [4.69, 9.17) is 9.84 Å². The maximum absolute atomic E-state index is 12.5. The molecule has 5 heteroatoms. The number of carboxylic acids is 1. The lowest BCUT2D eigenvalue weighted by Crippen LogP contribution is -2.09. The van der Waals surface area contributed by atoms with E-state index in [0.29, 0.717) is 15.8 Å². The molecule has 0 atom stereocenters. The lowest BCUT2D eigenvalue weighted by Gasteiger charge is -2.07. The summed E-state index contributed by atoms with van der Waals surface area (Å²) in [7, 11) is 1.51. The van der Waals surface area contributed by atoms with E-state index in [1.165, 1.54) is 19.2 Å². The van der Waals surface area contributed by atoms with Gasteiger partial charge in [-0.15, -0.1) is 0 Å². The molecule has 0 aliphatic carbocycles. The van der Waals surface area contributed by atoms with Crippen molar-refractivity contribution in [3.05, 3.63) is 63.6 Å². The van der Waals surface area contributed by atoms with Crippen LogP contribution in [0.4, 0.5) is 0 Å². The standard InChI is InChI=1S/C15H11BrO4/c1-20-11-4-2-3-9(7-11)14(17)13-8-10(16)5-6-12(13)15(18)19/h2-8H,1H3,(H,18,19). The smallest absolute Gasteiger partial charge is 0.336 e. The maximum atomic E-state index is 12.5. The number of carbonyl (C=O) groups excluding carboxylic acids is 1. The number of halogens is 1. The summed E-state index contributed by atoms with van der Waals surface area (Å²) in [5.41, 5.74) is 0.492. The number of aromatic carboxylic acids is 1. The molecule has 0 aliphatic rings. The molecule has 0 fully saturated rings. The van der Waals surface area contributed by atoms with Crippen molar-refractivity contribution in [3.63, 3.8) is 0 Å². The number of rotatable bonds is 4. The topological polar surface area (TPSA) is 63.6 Å². The van der Waals surface area contributed by atoms with Crippen molar-refractivity contribution < 1.29 is 19.4 Å². The Bertz CT molecular complexity index is 679. The van der Waals surface area contributed by atoms with E-state index in [0.717, 1.165) is 0 Å². The third-order valence-corrected chi connectivity index (χ3v) is 3.28. The van der Waals surface area contributed by atoms with Gasteiger partial charge in [0, 0.05) is 15.6 Å². The Hall–Kier alpha value is -2.14. The van der Waals surface area contributed by atoms with Crippen LogP contribution in [0.2, 0.25) is 0 Å². The molecule has 2 rings (SSSR count). The molecule has 0 amide bonds. The fourth-order valence-electron chi connectivity index (χ4n) is 1.81. The number of ketones is 1. The minimum Gasteiger partial charge on any atom is -0.497 e. The van der Waals surface area contributed by atoms with Crippen LogP contribution in [0.1, 0.15) is 26.3 Å². The van der Waals surface area contributed by atoms with Crippen LogP contribution in [0.15, 0.2) is 46.9 Å². The quantitative estimate of drug-likeness (QED) is 0.870. The van der Waals surface area contributed by atoms with Gasteiger partial charge in [-0.1, -0.05) is 28.1 Å². The zero-order valence-corrected chi connectivity index (χ0v) is 12.2. The number of ether oxygens (including phenoxy) is 1. The largest absolute Gasteiger partial charge is 0.497 e. The summed E-state index contributed by atoms with van der Waals surface area (Å²) in [4.78, 5) is 23.7. The Morgan fingerprint density at radius 2 is 1.85 bits per heavy atom. The number of hydrogen-bond donors (Lipinski definition) is 1. The predicted octanol–water partition coefficient (Wildman–Crippen LogP) is 3.39. The van der Waals surface area contributed by atoms with E-state index < -0.39 is 5.97 Å². The summed E-state index contributed by atoms with van der Waals surface area (Å²) in [6.45, 7) is 0. The first-order valence-corrected chi connectivity index (χ1v) is 6.54. The molecule has 0 radical (unpaired) electrons. The fraction of sp³-hybridized carbons (Fsp3) is 0.0667. The Labute approximate surface area is 124 Å². The lowest BCUT2D eigenvalue weighted by molar-refractivity contribution is 0.0693. The maximum Gasteiger partial charge on any atom is 0.336 e. The van der Waals surface area contributed by atoms with Gasteiger partial charge < -0.3 is 9.84 Å². The molecule has 0 spiro atoms. The predicted molar refractivity (Wildman–Crippen MR) is 77.5 cm³/mol. The van der Waals surface area contributed by atoms with Gasteiger partial charge in [-0.3, -0.25) is 4.79 Å². The van der Waals surface area contributed by atoms with Crippen molar-refractivity contribution in [1.82, 2.24) is 0 Å². The molecule has 0 aromatic heterocycles. The Kier molecular flexibility index (Phi) is 4.20. The number of carboxylic acid groups (broad SMARTS) is 1. The van der Waals surface area contributed by atoms with Gasteiger partial charge in [0.1, 0.15) is 5.75 Å². The fourth-order valence-corrected chi connectivity index (χ4v) is 2.17. The molecule has 102 valence electrons. The third-order valence-electron chi connectivity index (χ3n) is 2.79. The highest BCUT2D eigenvalue weighted by Crippen LogP contribution is 2.22. The monoisotopic (exact) mass is 334 g/mol. The van der Waals surface area contributed by atoms with Crippen LogP contribution in [-0.4, -0.2) is 24.0 Å². The first kappa shape index (κ1) is 14.3. The van der Waals surface area contributed by atoms with Gasteiger partial charge in [0.2, 0.25) is 0 Å². The average Bonchev–Trinajstić information content (AvgIpc) is 2.46. The minimum atomic E-state index is -1.14. The first-order valence-electron chi connectivity index (χ1n) is 5.74. The van der Waals surface area contributed by atoms with E-state index in [2.05, 4.69) is 15.9 Å². The Morgan fingerprint density at radius 1 is 1.10 bits per heavy atom. The molecule has 1 N–H and O–H groups in total. The Morgan fingerprint density at radius 3 is 2.50 bits per heavy atom. The molecule has 0 saturated heterocycles. The molecule has 20 heavy (non-hydrogen) atoms. The van der Waals surface area contributed by atoms with Gasteiger partial charge in [0.15, 0.2) is 5.78 Å². The van der Waals surface area contributed by atoms with Crippen LogP contribution in [0.5, 0.6) is 5.75 Å². The summed E-state index contributed by atoms with van der Waals surface area (Å²) in [6.07, 6.45) is 0. The van der Waals surface area contributed by atoms with E-state index in [9.17, 15) is 9.59 Å². The number of hydrogen-bond acceptors (Lipinski definition) is 3. The molecule has 4 nitrogen and oxygen atoms in total. The average molecular weight is 335 g/mol. The summed E-state index contributed by atoms with van der Waals surface area (Å²) in [6, 6.07) is 11.1. The minimum absolute atomic E-state index is 0.0268. The first-order chi connectivity index (χ1) is 9.52. The highest BCUT2D eigenvalue weighted by Gasteiger charge is 2.18. The van der Waals surface area contributed by atoms with Crippen LogP contribution in [0.3, 0.4) is 0 Å². The molecule has 0 saturated carbocycles. The molecule has 2 aromatic rings. The van der Waals surface area contributed by atoms with Crippen LogP contribution in [0.25, 0.3) is 0 Å². The highest BCUT2D eigenvalue weighted by molar-refractivity contribution is 9.10. The second-order valence-electron chi connectivity index (χ2n) is 4.06. The van der Waals surface area contributed by atoms with Gasteiger partial charge in [-0.2, -0.15) is 0 Å². The third kappa shape index (κ3) is 2.88. The molecule has 0 bridgehead atoms. The molecule has 0 heterocycles. The van der Waals surface area contributed by atoms with Crippen molar-refractivity contribution in [2.75, 3.05) is 7.11 Å². The molecular weight excluding hydrogens is 324 g/mol. The van der Waals surface area contributed by atoms with Crippen molar-refractivity contribution >= 4 is 27.7 Å². The lowest BCUT2D eigenvalue weighted by atomic mass is 9.98. The van der Waals surface area contributed by atoms with Gasteiger partial charge in [-0.05, 0) is 30.3 Å². The van der Waals surface area contributed by atoms with Crippen molar-refractivity contribution in [2.24, 2.45) is 0 Å². The summed E-state index contributed by atoms with van der Waals surface area (Å²) in [5.74, 6) is -0.950.